The summed E-state index contributed by atoms with van der Waals surface area (Å²) in [6.45, 7) is 10.9. The van der Waals surface area contributed by atoms with Crippen molar-refractivity contribution < 1.29 is 19.1 Å². The highest BCUT2D eigenvalue weighted by Gasteiger charge is 2.39. The molecule has 3 atom stereocenters. The van der Waals surface area contributed by atoms with Crippen LogP contribution < -0.4 is 15.4 Å². The van der Waals surface area contributed by atoms with Gasteiger partial charge in [-0.2, -0.15) is 0 Å². The number of carbonyl (C=O) groups excluding carboxylic acids is 2. The van der Waals surface area contributed by atoms with Crippen LogP contribution in [0, 0.1) is 18.8 Å². The molecular formula is C35H40N6O4. The van der Waals surface area contributed by atoms with Crippen molar-refractivity contribution in [3.63, 3.8) is 0 Å². The Balaban J connectivity index is 1.23. The molecule has 2 aromatic heterocycles. The molecule has 1 saturated carbocycles. The Bertz CT molecular complexity index is 1740. The Morgan fingerprint density at radius 3 is 2.60 bits per heavy atom. The molecule has 2 fully saturated rings. The highest BCUT2D eigenvalue weighted by molar-refractivity contribution is 6.05. The monoisotopic (exact) mass is 608 g/mol. The molecule has 234 valence electrons. The second-order valence-electron chi connectivity index (χ2n) is 13.1. The number of carbonyl (C=O) groups is 2. The average molecular weight is 609 g/mol. The lowest BCUT2D eigenvalue weighted by Crippen LogP contribution is -2.47. The summed E-state index contributed by atoms with van der Waals surface area (Å²) in [5.74, 6) is 2.10. The van der Waals surface area contributed by atoms with Gasteiger partial charge < -0.3 is 25.0 Å². The molecule has 1 saturated heterocycles. The third kappa shape index (κ3) is 7.00. The normalized spacial score (nSPS) is 19.6. The Kier molecular flexibility index (Phi) is 8.31. The molecule has 4 aromatic rings. The lowest BCUT2D eigenvalue weighted by molar-refractivity contribution is -0.117. The van der Waals surface area contributed by atoms with Crippen LogP contribution in [0.1, 0.15) is 52.5 Å². The number of piperidine rings is 1. The zero-order valence-corrected chi connectivity index (χ0v) is 26.5. The van der Waals surface area contributed by atoms with E-state index in [9.17, 15) is 9.59 Å². The first kappa shape index (κ1) is 30.3. The summed E-state index contributed by atoms with van der Waals surface area (Å²) in [4.78, 5) is 41.0. The van der Waals surface area contributed by atoms with Gasteiger partial charge in [-0.1, -0.05) is 31.2 Å². The quantitative estimate of drug-likeness (QED) is 0.226. The number of likely N-dealkylation sites (tertiary alicyclic amines) is 1. The molecule has 2 aliphatic rings. The summed E-state index contributed by atoms with van der Waals surface area (Å²) >= 11 is 0. The van der Waals surface area contributed by atoms with E-state index in [2.05, 4.69) is 27.5 Å². The second-order valence-corrected chi connectivity index (χ2v) is 13.1. The minimum absolute atomic E-state index is 0.0118. The van der Waals surface area contributed by atoms with Crippen molar-refractivity contribution in [3.8, 4) is 22.9 Å². The number of hydrogen-bond acceptors (Lipinski definition) is 8. The van der Waals surface area contributed by atoms with E-state index in [1.165, 1.54) is 0 Å². The van der Waals surface area contributed by atoms with Crippen LogP contribution in [-0.4, -0.2) is 56.6 Å². The lowest BCUT2D eigenvalue weighted by atomic mass is 10.0. The maximum absolute atomic E-state index is 12.7. The highest BCUT2D eigenvalue weighted by atomic mass is 16.6. The number of fused-ring (bicyclic) bond motifs is 1. The molecule has 45 heavy (non-hydrogen) atoms. The van der Waals surface area contributed by atoms with Crippen LogP contribution >= 0.6 is 0 Å². The number of benzene rings is 2. The van der Waals surface area contributed by atoms with Gasteiger partial charge in [0, 0.05) is 53.9 Å². The number of hydrogen-bond donors (Lipinski definition) is 2. The zero-order chi connectivity index (χ0) is 31.7. The summed E-state index contributed by atoms with van der Waals surface area (Å²) in [7, 11) is 0. The number of ether oxygens (including phenoxy) is 2. The predicted octanol–water partition coefficient (Wildman–Crippen LogP) is 7.20. The van der Waals surface area contributed by atoms with E-state index >= 15 is 0 Å². The van der Waals surface area contributed by atoms with Crippen LogP contribution in [0.2, 0.25) is 0 Å². The number of rotatable bonds is 7. The Morgan fingerprint density at radius 1 is 1.00 bits per heavy atom. The molecule has 6 rings (SSSR count). The molecule has 3 heterocycles. The van der Waals surface area contributed by atoms with Crippen molar-refractivity contribution in [2.45, 2.75) is 65.5 Å². The van der Waals surface area contributed by atoms with E-state index in [4.69, 9.17) is 14.5 Å². The number of pyridine rings is 1. The van der Waals surface area contributed by atoms with Crippen molar-refractivity contribution >= 4 is 34.4 Å². The average Bonchev–Trinajstić information content (AvgIpc) is 3.75. The van der Waals surface area contributed by atoms with Gasteiger partial charge in [-0.05, 0) is 82.7 Å². The molecule has 1 aliphatic heterocycles. The van der Waals surface area contributed by atoms with Crippen molar-refractivity contribution in [2.75, 3.05) is 23.7 Å². The van der Waals surface area contributed by atoms with E-state index < -0.39 is 5.60 Å². The number of aryl methyl sites for hydroxylation is 1. The number of nitrogens with one attached hydrogen (secondary N) is 2. The first-order chi connectivity index (χ1) is 21.6. The summed E-state index contributed by atoms with van der Waals surface area (Å²) in [6, 6.07) is 15.4. The van der Waals surface area contributed by atoms with Crippen molar-refractivity contribution in [1.82, 2.24) is 19.9 Å². The molecule has 0 spiro atoms. The number of nitrogens with zero attached hydrogens (tertiary/aromatic N) is 4. The molecule has 2 aromatic carbocycles. The topological polar surface area (TPSA) is 119 Å². The highest BCUT2D eigenvalue weighted by Crippen LogP contribution is 2.41. The lowest BCUT2D eigenvalue weighted by Gasteiger charge is -2.34. The first-order valence-electron chi connectivity index (χ1n) is 15.6. The maximum Gasteiger partial charge on any atom is 0.410 e. The maximum atomic E-state index is 12.7. The van der Waals surface area contributed by atoms with Gasteiger partial charge in [0.15, 0.2) is 0 Å². The number of anilines is 2. The third-order valence-electron chi connectivity index (χ3n) is 8.22. The fraction of sp³-hybridized carbons (Fsp3) is 0.400. The summed E-state index contributed by atoms with van der Waals surface area (Å²) in [6.07, 6.45) is 5.75. The number of aromatic nitrogens is 3. The van der Waals surface area contributed by atoms with Crippen molar-refractivity contribution in [3.05, 3.63) is 66.5 Å². The van der Waals surface area contributed by atoms with E-state index in [0.717, 1.165) is 41.3 Å². The molecule has 1 aliphatic carbocycles. The molecule has 10 nitrogen and oxygen atoms in total. The number of amides is 2. The standard InChI is InChI=1S/C35H40N6O4/c1-21-13-14-24-25(10-6-12-28(24)39-31(42)27-19-22(27)2)30(21)44-32-26(11-7-16-36-32)29-15-17-37-33(40-29)38-23-9-8-18-41(20-23)34(43)45-35(3,4)5/h6-7,10-17,22-23,27H,8-9,18-20H2,1-5H3,(H,39,42)(H,37,38,40)/t22-,23?,27-/m1/s1. The van der Waals surface area contributed by atoms with Crippen LogP contribution in [0.3, 0.4) is 0 Å². The fourth-order valence-electron chi connectivity index (χ4n) is 5.71. The minimum atomic E-state index is -0.546. The molecule has 0 bridgehead atoms. The smallest absolute Gasteiger partial charge is 0.410 e. The molecule has 0 radical (unpaired) electrons. The third-order valence-corrected chi connectivity index (χ3v) is 8.22. The second kappa shape index (κ2) is 12.3. The van der Waals surface area contributed by atoms with Crippen LogP contribution in [0.5, 0.6) is 11.6 Å². The SMILES string of the molecule is Cc1ccc2c(NC(=O)[C@@H]3C[C@H]3C)cccc2c1Oc1ncccc1-c1ccnc(NC2CCCN(C(=O)OC(C)(C)C)C2)n1. The van der Waals surface area contributed by atoms with E-state index in [-0.39, 0.29) is 24.0 Å². The van der Waals surface area contributed by atoms with E-state index in [1.54, 1.807) is 17.3 Å². The van der Waals surface area contributed by atoms with Crippen molar-refractivity contribution in [1.29, 1.82) is 0 Å². The summed E-state index contributed by atoms with van der Waals surface area (Å²) < 4.78 is 12.1. The van der Waals surface area contributed by atoms with Gasteiger partial charge in [-0.3, -0.25) is 4.79 Å². The van der Waals surface area contributed by atoms with Gasteiger partial charge >= 0.3 is 6.09 Å². The molecular weight excluding hydrogens is 568 g/mol. The van der Waals surface area contributed by atoms with Crippen LogP contribution in [0.4, 0.5) is 16.4 Å². The first-order valence-corrected chi connectivity index (χ1v) is 15.6. The largest absolute Gasteiger partial charge is 0.444 e. The molecule has 2 N–H and O–H groups in total. The van der Waals surface area contributed by atoms with Crippen molar-refractivity contribution in [2.24, 2.45) is 11.8 Å². The van der Waals surface area contributed by atoms with Crippen LogP contribution in [-0.2, 0) is 9.53 Å². The van der Waals surface area contributed by atoms with E-state index in [0.29, 0.717) is 47.8 Å². The van der Waals surface area contributed by atoms with Crippen LogP contribution in [0.15, 0.2) is 60.9 Å². The van der Waals surface area contributed by atoms with Gasteiger partial charge in [-0.15, -0.1) is 0 Å². The van der Waals surface area contributed by atoms with Gasteiger partial charge in [-0.25, -0.2) is 19.7 Å². The molecule has 2 amide bonds. The Labute approximate surface area is 263 Å². The summed E-state index contributed by atoms with van der Waals surface area (Å²) in [5, 5.41) is 8.31. The minimum Gasteiger partial charge on any atom is -0.444 e. The Morgan fingerprint density at radius 2 is 1.82 bits per heavy atom. The van der Waals surface area contributed by atoms with Gasteiger partial charge in [0.2, 0.25) is 17.7 Å². The van der Waals surface area contributed by atoms with Gasteiger partial charge in [0.05, 0.1) is 11.3 Å². The van der Waals surface area contributed by atoms with E-state index in [1.807, 2.05) is 76.2 Å². The molecule has 1 unspecified atom stereocenters. The fourth-order valence-corrected chi connectivity index (χ4v) is 5.71. The zero-order valence-electron chi connectivity index (χ0n) is 26.5. The van der Waals surface area contributed by atoms with Gasteiger partial charge in [0.1, 0.15) is 11.4 Å². The van der Waals surface area contributed by atoms with Gasteiger partial charge in [0.25, 0.3) is 0 Å². The van der Waals surface area contributed by atoms with Crippen LogP contribution in [0.25, 0.3) is 22.0 Å². The summed E-state index contributed by atoms with van der Waals surface area (Å²) in [5.41, 5.74) is 2.53. The molecule has 10 heteroatoms. The predicted molar refractivity (Wildman–Crippen MR) is 174 cm³/mol. The Hall–Kier alpha value is -4.73.